The number of hydrogen-bond acceptors (Lipinski definition) is 5. The zero-order valence-corrected chi connectivity index (χ0v) is 17.6. The zero-order chi connectivity index (χ0) is 20.1. The summed E-state index contributed by atoms with van der Waals surface area (Å²) < 4.78 is 5.29. The first-order chi connectivity index (χ1) is 13.5. The lowest BCUT2D eigenvalue weighted by atomic mass is 10.0. The first-order valence-corrected chi connectivity index (χ1v) is 10.7. The number of fused-ring (bicyclic) bond motifs is 1. The maximum absolute atomic E-state index is 12.6. The molecule has 1 aromatic carbocycles. The molecule has 2 heterocycles. The predicted molar refractivity (Wildman–Crippen MR) is 113 cm³/mol. The Bertz CT molecular complexity index is 832. The van der Waals surface area contributed by atoms with E-state index >= 15 is 0 Å². The molecular weight excluding hydrogens is 372 g/mol. The summed E-state index contributed by atoms with van der Waals surface area (Å²) in [6.07, 6.45) is 1.54. The minimum atomic E-state index is -0.337. The van der Waals surface area contributed by atoms with Crippen molar-refractivity contribution in [3.05, 3.63) is 51.9 Å². The second-order valence-electron chi connectivity index (χ2n) is 7.17. The van der Waals surface area contributed by atoms with Gasteiger partial charge in [-0.05, 0) is 30.9 Å². The van der Waals surface area contributed by atoms with Crippen molar-refractivity contribution in [1.82, 2.24) is 4.90 Å². The van der Waals surface area contributed by atoms with Gasteiger partial charge in [-0.1, -0.05) is 44.2 Å². The molecule has 0 saturated heterocycles. The number of hydrogen-bond donors (Lipinski definition) is 1. The highest BCUT2D eigenvalue weighted by Gasteiger charge is 2.30. The van der Waals surface area contributed by atoms with E-state index < -0.39 is 0 Å². The lowest BCUT2D eigenvalue weighted by molar-refractivity contribution is -0.119. The first kappa shape index (κ1) is 20.6. The number of thiophene rings is 1. The molecule has 1 aromatic heterocycles. The molecule has 1 atom stereocenters. The number of carbonyl (C=O) groups excluding carboxylic acids is 2. The molecule has 2 aromatic rings. The van der Waals surface area contributed by atoms with Crippen LogP contribution >= 0.6 is 11.3 Å². The average Bonchev–Trinajstić information content (AvgIpc) is 3.05. The number of nitrogens with one attached hydrogen (secondary N) is 1. The third-order valence-corrected chi connectivity index (χ3v) is 6.29. The maximum atomic E-state index is 12.6. The van der Waals surface area contributed by atoms with E-state index in [9.17, 15) is 9.59 Å². The molecule has 5 nitrogen and oxygen atoms in total. The van der Waals surface area contributed by atoms with Crippen LogP contribution in [-0.4, -0.2) is 29.9 Å². The van der Waals surface area contributed by atoms with Crippen LogP contribution in [0.3, 0.4) is 0 Å². The molecule has 1 aliphatic heterocycles. The molecular formula is C22H28N2O3S. The number of nitrogens with zero attached hydrogens (tertiary/aromatic N) is 1. The van der Waals surface area contributed by atoms with E-state index in [0.29, 0.717) is 17.2 Å². The Morgan fingerprint density at radius 2 is 2.00 bits per heavy atom. The standard InChI is InChI=1S/C22H28N2O3S/c1-4-15(3)20(25)23-21-19(22(26)27-5-2)17-11-12-24(14-18(17)28-21)13-16-9-7-6-8-10-16/h6-10,15H,4-5,11-14H2,1-3H3,(H,23,25). The van der Waals surface area contributed by atoms with Gasteiger partial charge >= 0.3 is 5.97 Å². The smallest absolute Gasteiger partial charge is 0.341 e. The van der Waals surface area contributed by atoms with Crippen LogP contribution in [0.5, 0.6) is 0 Å². The van der Waals surface area contributed by atoms with Gasteiger partial charge in [0.1, 0.15) is 5.00 Å². The van der Waals surface area contributed by atoms with Gasteiger partial charge in [-0.2, -0.15) is 0 Å². The van der Waals surface area contributed by atoms with Gasteiger partial charge in [-0.3, -0.25) is 9.69 Å². The van der Waals surface area contributed by atoms with Crippen LogP contribution in [-0.2, 0) is 29.0 Å². The van der Waals surface area contributed by atoms with Gasteiger partial charge < -0.3 is 10.1 Å². The fourth-order valence-electron chi connectivity index (χ4n) is 3.36. The molecule has 1 aliphatic rings. The van der Waals surface area contributed by atoms with Crippen LogP contribution in [0.2, 0.25) is 0 Å². The maximum Gasteiger partial charge on any atom is 0.341 e. The predicted octanol–water partition coefficient (Wildman–Crippen LogP) is 4.47. The van der Waals surface area contributed by atoms with E-state index in [1.165, 1.54) is 16.9 Å². The normalized spacial score (nSPS) is 15.0. The van der Waals surface area contributed by atoms with Crippen molar-refractivity contribution in [1.29, 1.82) is 0 Å². The molecule has 0 aliphatic carbocycles. The van der Waals surface area contributed by atoms with Crippen molar-refractivity contribution in [2.45, 2.75) is 46.7 Å². The number of ether oxygens (including phenoxy) is 1. The minimum Gasteiger partial charge on any atom is -0.462 e. The Morgan fingerprint density at radius 1 is 1.25 bits per heavy atom. The van der Waals surface area contributed by atoms with E-state index in [4.69, 9.17) is 4.74 Å². The Balaban J connectivity index is 1.84. The molecule has 0 radical (unpaired) electrons. The van der Waals surface area contributed by atoms with Crippen molar-refractivity contribution in [2.24, 2.45) is 5.92 Å². The quantitative estimate of drug-likeness (QED) is 0.697. The van der Waals surface area contributed by atoms with Gasteiger partial charge in [0.15, 0.2) is 0 Å². The molecule has 0 bridgehead atoms. The van der Waals surface area contributed by atoms with E-state index in [2.05, 4.69) is 34.5 Å². The molecule has 150 valence electrons. The monoisotopic (exact) mass is 400 g/mol. The topological polar surface area (TPSA) is 58.6 Å². The fraction of sp³-hybridized carbons (Fsp3) is 0.455. The van der Waals surface area contributed by atoms with Gasteiger partial charge in [0.2, 0.25) is 5.91 Å². The summed E-state index contributed by atoms with van der Waals surface area (Å²) >= 11 is 1.51. The number of esters is 1. The Labute approximate surface area is 170 Å². The van der Waals surface area contributed by atoms with E-state index in [-0.39, 0.29) is 17.8 Å². The SMILES string of the molecule is CCOC(=O)c1c(NC(=O)C(C)CC)sc2c1CCN(Cc1ccccc1)C2. The minimum absolute atomic E-state index is 0.0483. The van der Waals surface area contributed by atoms with E-state index in [1.54, 1.807) is 6.92 Å². The number of anilines is 1. The molecule has 0 saturated carbocycles. The van der Waals surface area contributed by atoms with Gasteiger partial charge in [-0.15, -0.1) is 11.3 Å². The number of rotatable bonds is 7. The van der Waals surface area contributed by atoms with Crippen LogP contribution < -0.4 is 5.32 Å². The first-order valence-electron chi connectivity index (χ1n) is 9.92. The summed E-state index contributed by atoms with van der Waals surface area (Å²) in [7, 11) is 0. The summed E-state index contributed by atoms with van der Waals surface area (Å²) in [5, 5.41) is 3.62. The van der Waals surface area contributed by atoms with Gasteiger partial charge in [-0.25, -0.2) is 4.79 Å². The van der Waals surface area contributed by atoms with Crippen molar-refractivity contribution in [2.75, 3.05) is 18.5 Å². The molecule has 0 spiro atoms. The van der Waals surface area contributed by atoms with Crippen molar-refractivity contribution >= 4 is 28.2 Å². The zero-order valence-electron chi connectivity index (χ0n) is 16.8. The number of benzene rings is 1. The molecule has 1 N–H and O–H groups in total. The summed E-state index contributed by atoms with van der Waals surface area (Å²) in [6, 6.07) is 10.4. The third-order valence-electron chi connectivity index (χ3n) is 5.16. The number of carbonyl (C=O) groups is 2. The van der Waals surface area contributed by atoms with Gasteiger partial charge in [0.25, 0.3) is 0 Å². The average molecular weight is 401 g/mol. The fourth-order valence-corrected chi connectivity index (χ4v) is 4.64. The van der Waals surface area contributed by atoms with Crippen molar-refractivity contribution in [3.8, 4) is 0 Å². The summed E-state index contributed by atoms with van der Waals surface area (Å²) in [4.78, 5) is 28.6. The van der Waals surface area contributed by atoms with E-state index in [1.807, 2.05) is 19.9 Å². The second-order valence-corrected chi connectivity index (χ2v) is 8.28. The Kier molecular flexibility index (Phi) is 6.86. The van der Waals surface area contributed by atoms with Crippen LogP contribution in [0.1, 0.15) is 53.6 Å². The molecule has 1 unspecified atom stereocenters. The van der Waals surface area contributed by atoms with Crippen LogP contribution in [0.4, 0.5) is 5.00 Å². The van der Waals surface area contributed by atoms with Crippen LogP contribution in [0.25, 0.3) is 0 Å². The molecule has 0 fully saturated rings. The van der Waals surface area contributed by atoms with Gasteiger partial charge in [0, 0.05) is 30.4 Å². The molecule has 28 heavy (non-hydrogen) atoms. The lowest BCUT2D eigenvalue weighted by Crippen LogP contribution is -2.30. The molecule has 3 rings (SSSR count). The van der Waals surface area contributed by atoms with Crippen LogP contribution in [0, 0.1) is 5.92 Å². The molecule has 6 heteroatoms. The second kappa shape index (κ2) is 9.34. The highest BCUT2D eigenvalue weighted by atomic mass is 32.1. The summed E-state index contributed by atoms with van der Waals surface area (Å²) in [5.41, 5.74) is 2.86. The highest BCUT2D eigenvalue weighted by molar-refractivity contribution is 7.17. The van der Waals surface area contributed by atoms with E-state index in [0.717, 1.165) is 42.9 Å². The Hall–Kier alpha value is -2.18. The van der Waals surface area contributed by atoms with Crippen molar-refractivity contribution < 1.29 is 14.3 Å². The highest BCUT2D eigenvalue weighted by Crippen LogP contribution is 2.38. The lowest BCUT2D eigenvalue weighted by Gasteiger charge is -2.27. The number of amides is 1. The summed E-state index contributed by atoms with van der Waals surface area (Å²) in [5.74, 6) is -0.479. The third kappa shape index (κ3) is 4.62. The van der Waals surface area contributed by atoms with Crippen molar-refractivity contribution in [3.63, 3.8) is 0 Å². The summed E-state index contributed by atoms with van der Waals surface area (Å²) in [6.45, 7) is 8.54. The molecule has 1 amide bonds. The Morgan fingerprint density at radius 3 is 2.68 bits per heavy atom. The largest absolute Gasteiger partial charge is 0.462 e. The van der Waals surface area contributed by atoms with Gasteiger partial charge in [0.05, 0.1) is 12.2 Å². The van der Waals surface area contributed by atoms with Crippen LogP contribution in [0.15, 0.2) is 30.3 Å².